The third kappa shape index (κ3) is 2.23. The van der Waals surface area contributed by atoms with Crippen LogP contribution in [0, 0.1) is 0 Å². The summed E-state index contributed by atoms with van der Waals surface area (Å²) in [4.78, 5) is 11.7. The molecule has 1 fully saturated rings. The van der Waals surface area contributed by atoms with E-state index in [-0.39, 0.29) is 11.1 Å². The number of halogens is 2. The van der Waals surface area contributed by atoms with Crippen molar-refractivity contribution in [1.29, 1.82) is 0 Å². The highest BCUT2D eigenvalue weighted by Crippen LogP contribution is 2.37. The first-order valence-electron chi connectivity index (χ1n) is 7.20. The van der Waals surface area contributed by atoms with E-state index >= 15 is 0 Å². The van der Waals surface area contributed by atoms with E-state index in [9.17, 15) is 13.6 Å². The molecule has 7 heteroatoms. The van der Waals surface area contributed by atoms with E-state index in [1.54, 1.807) is 6.07 Å². The molecule has 1 amide bonds. The van der Waals surface area contributed by atoms with Gasteiger partial charge in [-0.3, -0.25) is 4.79 Å². The minimum Gasteiger partial charge on any atom is -0.399 e. The average Bonchev–Trinajstić information content (AvgIpc) is 2.63. The molecule has 1 aromatic carbocycles. The maximum atomic E-state index is 14.0. The standard InChI is InChI=1S/C15H18BF2NO3/c1-13(2)14(3,4)22-16(21-13)9-5-6-10-11(7-9)15(17,18)8-19-12(10)20/h5-7H,8H2,1-4H3,(H,19,20). The van der Waals surface area contributed by atoms with Gasteiger partial charge >= 0.3 is 7.12 Å². The highest BCUT2D eigenvalue weighted by Gasteiger charge is 2.52. The fourth-order valence-corrected chi connectivity index (χ4v) is 2.57. The van der Waals surface area contributed by atoms with Gasteiger partial charge in [0, 0.05) is 11.1 Å². The summed E-state index contributed by atoms with van der Waals surface area (Å²) in [6.07, 6.45) is 0. The third-order valence-corrected chi connectivity index (χ3v) is 4.68. The van der Waals surface area contributed by atoms with E-state index in [1.807, 2.05) is 27.7 Å². The minimum atomic E-state index is -3.09. The van der Waals surface area contributed by atoms with Crippen LogP contribution in [0.2, 0.25) is 0 Å². The lowest BCUT2D eigenvalue weighted by molar-refractivity contribution is -0.00831. The van der Waals surface area contributed by atoms with Gasteiger partial charge in [0.1, 0.15) is 0 Å². The van der Waals surface area contributed by atoms with Gasteiger partial charge in [0.15, 0.2) is 0 Å². The Morgan fingerprint density at radius 1 is 1.14 bits per heavy atom. The lowest BCUT2D eigenvalue weighted by atomic mass is 9.76. The highest BCUT2D eigenvalue weighted by molar-refractivity contribution is 6.62. The van der Waals surface area contributed by atoms with Crippen molar-refractivity contribution in [2.24, 2.45) is 0 Å². The molecular weight excluding hydrogens is 291 g/mol. The van der Waals surface area contributed by atoms with Gasteiger partial charge in [0.2, 0.25) is 0 Å². The summed E-state index contributed by atoms with van der Waals surface area (Å²) in [5.74, 6) is -3.58. The number of carbonyl (C=O) groups excluding carboxylic acids is 1. The van der Waals surface area contributed by atoms with Crippen LogP contribution in [0.15, 0.2) is 18.2 Å². The molecule has 0 aliphatic carbocycles. The normalized spacial score (nSPS) is 24.8. The molecule has 0 unspecified atom stereocenters. The Balaban J connectivity index is 2.00. The maximum absolute atomic E-state index is 14.0. The van der Waals surface area contributed by atoms with Crippen molar-refractivity contribution in [3.8, 4) is 0 Å². The quantitative estimate of drug-likeness (QED) is 0.805. The van der Waals surface area contributed by atoms with Gasteiger partial charge in [0.05, 0.1) is 17.7 Å². The van der Waals surface area contributed by atoms with E-state index in [1.165, 1.54) is 12.1 Å². The number of benzene rings is 1. The van der Waals surface area contributed by atoms with Crippen molar-refractivity contribution < 1.29 is 22.9 Å². The number of fused-ring (bicyclic) bond motifs is 1. The Kier molecular flexibility index (Phi) is 3.17. The molecule has 0 spiro atoms. The van der Waals surface area contributed by atoms with Gasteiger partial charge in [-0.05, 0) is 39.2 Å². The van der Waals surface area contributed by atoms with Crippen molar-refractivity contribution in [1.82, 2.24) is 5.32 Å². The molecule has 1 N–H and O–H groups in total. The van der Waals surface area contributed by atoms with Crippen molar-refractivity contribution in [2.75, 3.05) is 6.54 Å². The van der Waals surface area contributed by atoms with E-state index in [2.05, 4.69) is 5.32 Å². The lowest BCUT2D eigenvalue weighted by Gasteiger charge is -2.32. The molecule has 0 bridgehead atoms. The van der Waals surface area contributed by atoms with Crippen LogP contribution in [0.5, 0.6) is 0 Å². The molecule has 3 rings (SSSR count). The van der Waals surface area contributed by atoms with Crippen molar-refractivity contribution in [3.05, 3.63) is 29.3 Å². The first-order valence-corrected chi connectivity index (χ1v) is 7.20. The molecule has 22 heavy (non-hydrogen) atoms. The maximum Gasteiger partial charge on any atom is 0.494 e. The minimum absolute atomic E-state index is 0.00322. The Bertz CT molecular complexity index is 630. The summed E-state index contributed by atoms with van der Waals surface area (Å²) in [6.45, 7) is 6.90. The van der Waals surface area contributed by atoms with E-state index in [0.717, 1.165) is 0 Å². The van der Waals surface area contributed by atoms with Crippen LogP contribution < -0.4 is 10.8 Å². The summed E-state index contributed by atoms with van der Waals surface area (Å²) < 4.78 is 39.8. The molecular formula is C15H18BF2NO3. The van der Waals surface area contributed by atoms with E-state index in [4.69, 9.17) is 9.31 Å². The van der Waals surface area contributed by atoms with Crippen molar-refractivity contribution >= 4 is 18.5 Å². The van der Waals surface area contributed by atoms with E-state index < -0.39 is 36.7 Å². The number of alkyl halides is 2. The third-order valence-electron chi connectivity index (χ3n) is 4.68. The summed E-state index contributed by atoms with van der Waals surface area (Å²) in [5.41, 5.74) is -0.882. The Morgan fingerprint density at radius 2 is 1.73 bits per heavy atom. The molecule has 1 aromatic rings. The monoisotopic (exact) mass is 309 g/mol. The number of rotatable bonds is 1. The second-order valence-electron chi connectivity index (χ2n) is 6.78. The van der Waals surface area contributed by atoms with Gasteiger partial charge in [-0.2, -0.15) is 8.78 Å². The molecule has 2 heterocycles. The Labute approximate surface area is 128 Å². The molecule has 1 saturated heterocycles. The Hall–Kier alpha value is -1.47. The van der Waals surface area contributed by atoms with Gasteiger partial charge in [0.25, 0.3) is 11.8 Å². The molecule has 0 atom stereocenters. The van der Waals surface area contributed by atoms with Gasteiger partial charge in [-0.1, -0.05) is 12.1 Å². The number of amides is 1. The van der Waals surface area contributed by atoms with Crippen molar-refractivity contribution in [3.63, 3.8) is 0 Å². The SMILES string of the molecule is CC1(C)OB(c2ccc3c(c2)C(F)(F)CNC3=O)OC1(C)C. The highest BCUT2D eigenvalue weighted by atomic mass is 19.3. The number of hydrogen-bond donors (Lipinski definition) is 1. The molecule has 2 aliphatic rings. The lowest BCUT2D eigenvalue weighted by Crippen LogP contribution is -2.44. The van der Waals surface area contributed by atoms with Gasteiger partial charge in [-0.25, -0.2) is 0 Å². The summed E-state index contributed by atoms with van der Waals surface area (Å²) in [5, 5.41) is 2.19. The molecule has 4 nitrogen and oxygen atoms in total. The second-order valence-corrected chi connectivity index (χ2v) is 6.78. The van der Waals surface area contributed by atoms with Crippen LogP contribution >= 0.6 is 0 Å². The zero-order valence-electron chi connectivity index (χ0n) is 13.0. The van der Waals surface area contributed by atoms with Crippen LogP contribution in [-0.2, 0) is 15.2 Å². The van der Waals surface area contributed by atoms with Crippen molar-refractivity contribution in [2.45, 2.75) is 44.8 Å². The van der Waals surface area contributed by atoms with Crippen LogP contribution in [-0.4, -0.2) is 30.8 Å². The number of hydrogen-bond acceptors (Lipinski definition) is 3. The molecule has 0 saturated carbocycles. The second kappa shape index (κ2) is 4.52. The zero-order valence-corrected chi connectivity index (χ0v) is 13.0. The fourth-order valence-electron chi connectivity index (χ4n) is 2.57. The number of nitrogens with one attached hydrogen (secondary N) is 1. The predicted molar refractivity (Wildman–Crippen MR) is 78.4 cm³/mol. The molecule has 0 aromatic heterocycles. The first kappa shape index (κ1) is 15.4. The average molecular weight is 309 g/mol. The summed E-state index contributed by atoms with van der Waals surface area (Å²) in [6, 6.07) is 4.32. The van der Waals surface area contributed by atoms with Gasteiger partial charge < -0.3 is 14.6 Å². The zero-order chi connectivity index (χ0) is 16.3. The largest absolute Gasteiger partial charge is 0.494 e. The number of carbonyl (C=O) groups is 1. The predicted octanol–water partition coefficient (Wildman–Crippen LogP) is 1.82. The fraction of sp³-hybridized carbons (Fsp3) is 0.533. The first-order chi connectivity index (χ1) is 10.0. The smallest absolute Gasteiger partial charge is 0.399 e. The summed E-state index contributed by atoms with van der Waals surface area (Å²) >= 11 is 0. The molecule has 118 valence electrons. The Morgan fingerprint density at radius 3 is 2.32 bits per heavy atom. The summed E-state index contributed by atoms with van der Waals surface area (Å²) in [7, 11) is -0.726. The van der Waals surface area contributed by atoms with Crippen LogP contribution in [0.4, 0.5) is 8.78 Å². The molecule has 0 radical (unpaired) electrons. The molecule has 2 aliphatic heterocycles. The van der Waals surface area contributed by atoms with E-state index in [0.29, 0.717) is 5.46 Å². The van der Waals surface area contributed by atoms with Crippen LogP contribution in [0.25, 0.3) is 0 Å². The van der Waals surface area contributed by atoms with Crippen LogP contribution in [0.3, 0.4) is 0 Å². The topological polar surface area (TPSA) is 47.6 Å². The van der Waals surface area contributed by atoms with Gasteiger partial charge in [-0.15, -0.1) is 0 Å². The van der Waals surface area contributed by atoms with Crippen LogP contribution in [0.1, 0.15) is 43.6 Å².